The molecule has 10 heteroatoms. The smallest absolute Gasteiger partial charge is 0.335 e. The topological polar surface area (TPSA) is 153 Å². The third-order valence-electron chi connectivity index (χ3n) is 4.34. The molecule has 0 bridgehead atoms. The SMILES string of the molecule is CC(=N[C@@H](Cc1cnc[nH]1)C(=O)O)c1c(O)n(-c2ccc(C)cc2)c(=O)[nH]c1=O. The first kappa shape index (κ1) is 19.8. The molecular weight excluding hydrogens is 378 g/mol. The minimum Gasteiger partial charge on any atom is -0.493 e. The van der Waals surface area contributed by atoms with Gasteiger partial charge in [-0.2, -0.15) is 0 Å². The molecule has 0 aliphatic heterocycles. The molecule has 0 unspecified atom stereocenters. The van der Waals surface area contributed by atoms with Gasteiger partial charge in [0, 0.05) is 18.3 Å². The van der Waals surface area contributed by atoms with E-state index in [1.54, 1.807) is 24.3 Å². The van der Waals surface area contributed by atoms with Gasteiger partial charge in [-0.05, 0) is 26.0 Å². The number of hydrogen-bond acceptors (Lipinski definition) is 6. The first-order chi connectivity index (χ1) is 13.8. The Morgan fingerprint density at radius 2 is 1.97 bits per heavy atom. The van der Waals surface area contributed by atoms with Crippen LogP contribution in [0.1, 0.15) is 23.7 Å². The number of hydrogen-bond donors (Lipinski definition) is 4. The zero-order valence-electron chi connectivity index (χ0n) is 15.7. The fourth-order valence-corrected chi connectivity index (χ4v) is 2.88. The maximum absolute atomic E-state index is 12.3. The number of carbonyl (C=O) groups is 1. The zero-order chi connectivity index (χ0) is 21.1. The number of aliphatic carboxylic acids is 1. The van der Waals surface area contributed by atoms with E-state index in [4.69, 9.17) is 0 Å². The summed E-state index contributed by atoms with van der Waals surface area (Å²) in [7, 11) is 0. The highest BCUT2D eigenvalue weighted by Crippen LogP contribution is 2.18. The maximum Gasteiger partial charge on any atom is 0.335 e. The lowest BCUT2D eigenvalue weighted by Gasteiger charge is -2.13. The maximum atomic E-state index is 12.3. The number of imidazole rings is 1. The molecular formula is C19H19N5O5. The van der Waals surface area contributed by atoms with E-state index in [0.717, 1.165) is 10.1 Å². The Bertz CT molecular complexity index is 1170. The average Bonchev–Trinajstić information content (AvgIpc) is 3.15. The number of aryl methyl sites for hydroxylation is 1. The Kier molecular flexibility index (Phi) is 5.44. The number of nitrogens with one attached hydrogen (secondary N) is 2. The minimum absolute atomic E-state index is 0.0168. The van der Waals surface area contributed by atoms with Gasteiger partial charge >= 0.3 is 11.7 Å². The second kappa shape index (κ2) is 7.97. The van der Waals surface area contributed by atoms with Crippen LogP contribution in [0, 0.1) is 6.92 Å². The Balaban J connectivity index is 2.09. The van der Waals surface area contributed by atoms with Crippen LogP contribution in [0.5, 0.6) is 5.88 Å². The van der Waals surface area contributed by atoms with E-state index < -0.39 is 29.1 Å². The van der Waals surface area contributed by atoms with Crippen LogP contribution in [0.4, 0.5) is 0 Å². The summed E-state index contributed by atoms with van der Waals surface area (Å²) >= 11 is 0. The largest absolute Gasteiger partial charge is 0.493 e. The van der Waals surface area contributed by atoms with E-state index in [1.807, 2.05) is 6.92 Å². The Morgan fingerprint density at radius 3 is 2.55 bits per heavy atom. The lowest BCUT2D eigenvalue weighted by molar-refractivity contribution is -0.138. The quantitative estimate of drug-likeness (QED) is 0.451. The van der Waals surface area contributed by atoms with Gasteiger partial charge in [-0.3, -0.25) is 14.8 Å². The molecule has 29 heavy (non-hydrogen) atoms. The highest BCUT2D eigenvalue weighted by Gasteiger charge is 2.22. The molecule has 0 saturated heterocycles. The number of aromatic hydroxyl groups is 1. The highest BCUT2D eigenvalue weighted by molar-refractivity contribution is 6.01. The number of aromatic amines is 2. The Hall–Kier alpha value is -3.95. The van der Waals surface area contributed by atoms with Gasteiger partial charge in [0.1, 0.15) is 5.56 Å². The number of carboxylic acids is 1. The summed E-state index contributed by atoms with van der Waals surface area (Å²) < 4.78 is 0.930. The Labute approximate surface area is 164 Å². The molecule has 10 nitrogen and oxygen atoms in total. The monoisotopic (exact) mass is 397 g/mol. The second-order valence-electron chi connectivity index (χ2n) is 6.48. The van der Waals surface area contributed by atoms with Gasteiger partial charge in [0.05, 0.1) is 17.7 Å². The molecule has 0 aliphatic rings. The average molecular weight is 397 g/mol. The van der Waals surface area contributed by atoms with Gasteiger partial charge in [-0.15, -0.1) is 0 Å². The molecule has 3 aromatic rings. The van der Waals surface area contributed by atoms with Crippen LogP contribution in [0.25, 0.3) is 5.69 Å². The fraction of sp³-hybridized carbons (Fsp3) is 0.211. The Morgan fingerprint density at radius 1 is 1.28 bits per heavy atom. The van der Waals surface area contributed by atoms with Crippen molar-refractivity contribution in [1.29, 1.82) is 0 Å². The number of carboxylic acid groups (broad SMARTS) is 1. The predicted octanol–water partition coefficient (Wildman–Crippen LogP) is 0.768. The molecule has 0 amide bonds. The van der Waals surface area contributed by atoms with Crippen LogP contribution >= 0.6 is 0 Å². The van der Waals surface area contributed by atoms with Gasteiger partial charge in [-0.1, -0.05) is 17.7 Å². The molecule has 1 aromatic carbocycles. The summed E-state index contributed by atoms with van der Waals surface area (Å²) in [5.41, 5.74) is -0.125. The zero-order valence-corrected chi connectivity index (χ0v) is 15.7. The molecule has 0 saturated carbocycles. The van der Waals surface area contributed by atoms with Crippen molar-refractivity contribution in [3.05, 3.63) is 74.4 Å². The van der Waals surface area contributed by atoms with Gasteiger partial charge in [0.2, 0.25) is 5.88 Å². The summed E-state index contributed by atoms with van der Waals surface area (Å²) in [6, 6.07) is 5.51. The van der Waals surface area contributed by atoms with Crippen LogP contribution in [0.2, 0.25) is 0 Å². The first-order valence-electron chi connectivity index (χ1n) is 8.68. The molecule has 1 atom stereocenters. The first-order valence-corrected chi connectivity index (χ1v) is 8.68. The van der Waals surface area contributed by atoms with Crippen molar-refractivity contribution in [2.75, 3.05) is 0 Å². The van der Waals surface area contributed by atoms with Crippen molar-refractivity contribution >= 4 is 11.7 Å². The van der Waals surface area contributed by atoms with Gasteiger partial charge in [0.25, 0.3) is 5.56 Å². The van der Waals surface area contributed by atoms with Crippen molar-refractivity contribution in [2.45, 2.75) is 26.3 Å². The third kappa shape index (κ3) is 4.15. The van der Waals surface area contributed by atoms with Crippen molar-refractivity contribution < 1.29 is 15.0 Å². The molecule has 0 spiro atoms. The van der Waals surface area contributed by atoms with Crippen LogP contribution in [-0.2, 0) is 11.2 Å². The molecule has 0 aliphatic carbocycles. The van der Waals surface area contributed by atoms with E-state index in [0.29, 0.717) is 11.4 Å². The summed E-state index contributed by atoms with van der Waals surface area (Å²) in [5, 5.41) is 20.1. The number of rotatable bonds is 6. The molecule has 4 N–H and O–H groups in total. The minimum atomic E-state index is -1.21. The van der Waals surface area contributed by atoms with Gasteiger partial charge in [-0.25, -0.2) is 19.1 Å². The fourth-order valence-electron chi connectivity index (χ4n) is 2.88. The predicted molar refractivity (Wildman–Crippen MR) is 105 cm³/mol. The normalized spacial score (nSPS) is 12.7. The molecule has 3 rings (SSSR count). The number of benzene rings is 1. The molecule has 0 radical (unpaired) electrons. The number of nitrogens with zero attached hydrogens (tertiary/aromatic N) is 3. The van der Waals surface area contributed by atoms with Crippen LogP contribution in [0.3, 0.4) is 0 Å². The standard InChI is InChI=1S/C19H19N5O5/c1-10-3-5-13(6-4-10)24-17(26)15(16(25)23-19(24)29)11(2)22-14(18(27)28)7-12-8-20-9-21-12/h3-6,8-9,14,26H,7H2,1-2H3,(H,20,21)(H,27,28)(H,23,25,29)/t14-/m0/s1. The summed E-state index contributed by atoms with van der Waals surface area (Å²) in [4.78, 5) is 49.1. The lowest BCUT2D eigenvalue weighted by Crippen LogP contribution is -2.33. The third-order valence-corrected chi connectivity index (χ3v) is 4.34. The van der Waals surface area contributed by atoms with E-state index in [-0.39, 0.29) is 17.7 Å². The lowest BCUT2D eigenvalue weighted by atomic mass is 10.1. The van der Waals surface area contributed by atoms with E-state index in [9.17, 15) is 24.6 Å². The summed E-state index contributed by atoms with van der Waals surface area (Å²) in [5.74, 6) is -1.82. The number of aromatic nitrogens is 4. The number of aliphatic imine (C=N–C) groups is 1. The van der Waals surface area contributed by atoms with Crippen LogP contribution in [0.15, 0.2) is 51.4 Å². The van der Waals surface area contributed by atoms with Crippen molar-refractivity contribution in [3.63, 3.8) is 0 Å². The van der Waals surface area contributed by atoms with Crippen molar-refractivity contribution in [2.24, 2.45) is 4.99 Å². The molecule has 150 valence electrons. The second-order valence-corrected chi connectivity index (χ2v) is 6.48. The van der Waals surface area contributed by atoms with E-state index in [2.05, 4.69) is 19.9 Å². The molecule has 2 heterocycles. The summed E-state index contributed by atoms with van der Waals surface area (Å²) in [6.45, 7) is 3.27. The molecule has 2 aromatic heterocycles. The number of H-pyrrole nitrogens is 2. The van der Waals surface area contributed by atoms with Gasteiger partial charge < -0.3 is 15.2 Å². The highest BCUT2D eigenvalue weighted by atomic mass is 16.4. The van der Waals surface area contributed by atoms with E-state index in [1.165, 1.54) is 19.4 Å². The van der Waals surface area contributed by atoms with Crippen molar-refractivity contribution in [3.8, 4) is 11.6 Å². The van der Waals surface area contributed by atoms with Crippen LogP contribution < -0.4 is 11.2 Å². The van der Waals surface area contributed by atoms with Crippen LogP contribution in [-0.4, -0.2) is 47.5 Å². The summed E-state index contributed by atoms with van der Waals surface area (Å²) in [6.07, 6.45) is 2.91. The van der Waals surface area contributed by atoms with E-state index >= 15 is 0 Å². The van der Waals surface area contributed by atoms with Crippen molar-refractivity contribution in [1.82, 2.24) is 19.5 Å². The molecule has 0 fully saturated rings. The van der Waals surface area contributed by atoms with Gasteiger partial charge in [0.15, 0.2) is 6.04 Å².